The second-order valence-corrected chi connectivity index (χ2v) is 3.83. The molecule has 4 radical (unpaired) electrons. The molecule has 0 heterocycles. The molecule has 0 aliphatic rings. The predicted molar refractivity (Wildman–Crippen MR) is 103 cm³/mol. The van der Waals surface area contributed by atoms with E-state index in [0.717, 1.165) is 52.4 Å². The molecule has 4 N–H and O–H groups in total. The average molecular weight is 365 g/mol. The largest absolute Gasteiger partial charge is 0.317 e. The van der Waals surface area contributed by atoms with Crippen molar-refractivity contribution in [1.29, 1.82) is 0 Å². The minimum absolute atomic E-state index is 0. The van der Waals surface area contributed by atoms with Crippen molar-refractivity contribution in [3.05, 3.63) is 0 Å². The van der Waals surface area contributed by atoms with Crippen molar-refractivity contribution in [1.82, 2.24) is 21.3 Å². The molecule has 4 nitrogen and oxygen atoms in total. The summed E-state index contributed by atoms with van der Waals surface area (Å²) in [6.07, 6.45) is 0. The molecule has 0 amide bonds. The van der Waals surface area contributed by atoms with E-state index >= 15 is 0 Å². The van der Waals surface area contributed by atoms with Crippen LogP contribution in [0, 0.1) is 0 Å². The Morgan fingerprint density at radius 3 is 0.429 bits per heavy atom. The average Bonchev–Trinajstić information content (AvgIpc) is 2.44. The molecule has 0 spiro atoms. The first-order valence-electron chi connectivity index (χ1n) is 8.49. The fourth-order valence-corrected chi connectivity index (χ4v) is 1.000. The molecule has 0 fully saturated rings. The van der Waals surface area contributed by atoms with Crippen LogP contribution in [0.4, 0.5) is 0 Å². The molecule has 0 aromatic rings. The molecular formula is C16H44GeN4. The van der Waals surface area contributed by atoms with Crippen LogP contribution in [0.1, 0.15) is 55.4 Å². The van der Waals surface area contributed by atoms with Crippen molar-refractivity contribution in [3.63, 3.8) is 0 Å². The minimum Gasteiger partial charge on any atom is -0.317 e. The summed E-state index contributed by atoms with van der Waals surface area (Å²) in [6, 6.07) is 0. The third-order valence-corrected chi connectivity index (χ3v) is 2.00. The molecule has 0 aromatic heterocycles. The maximum absolute atomic E-state index is 3.11. The Morgan fingerprint density at radius 1 is 0.333 bits per heavy atom. The van der Waals surface area contributed by atoms with Gasteiger partial charge in [-0.15, -0.1) is 0 Å². The van der Waals surface area contributed by atoms with Gasteiger partial charge in [0.1, 0.15) is 0 Å². The van der Waals surface area contributed by atoms with E-state index in [1.54, 1.807) is 0 Å². The van der Waals surface area contributed by atoms with Gasteiger partial charge in [0.15, 0.2) is 0 Å². The summed E-state index contributed by atoms with van der Waals surface area (Å²) >= 11 is 0. The van der Waals surface area contributed by atoms with Crippen molar-refractivity contribution >= 4 is 17.6 Å². The summed E-state index contributed by atoms with van der Waals surface area (Å²) in [5, 5.41) is 12.4. The Balaban J connectivity index is -0.0000000533. The third kappa shape index (κ3) is 98.0. The van der Waals surface area contributed by atoms with E-state index in [0.29, 0.717) is 0 Å². The van der Waals surface area contributed by atoms with Crippen LogP contribution in [0.15, 0.2) is 0 Å². The summed E-state index contributed by atoms with van der Waals surface area (Å²) in [4.78, 5) is 0. The van der Waals surface area contributed by atoms with E-state index in [4.69, 9.17) is 0 Å². The van der Waals surface area contributed by atoms with Gasteiger partial charge in [0.05, 0.1) is 0 Å². The Hall–Kier alpha value is 0.383. The molecule has 21 heavy (non-hydrogen) atoms. The summed E-state index contributed by atoms with van der Waals surface area (Å²) in [5.41, 5.74) is 0. The van der Waals surface area contributed by atoms with Gasteiger partial charge in [0, 0.05) is 17.6 Å². The molecule has 0 aliphatic heterocycles. The van der Waals surface area contributed by atoms with Crippen LogP contribution >= 0.6 is 0 Å². The Bertz CT molecular complexity index is 74.3. The fourth-order valence-electron chi connectivity index (χ4n) is 1.000. The second kappa shape index (κ2) is 49.9. The van der Waals surface area contributed by atoms with Crippen LogP contribution in [-0.4, -0.2) is 70.0 Å². The molecule has 132 valence electrons. The van der Waals surface area contributed by atoms with Gasteiger partial charge in [-0.05, 0) is 52.4 Å². The maximum atomic E-state index is 3.11. The third-order valence-electron chi connectivity index (χ3n) is 2.00. The van der Waals surface area contributed by atoms with Crippen LogP contribution < -0.4 is 21.3 Å². The molecule has 0 saturated carbocycles. The molecule has 0 aliphatic carbocycles. The molecule has 0 rings (SSSR count). The predicted octanol–water partition coefficient (Wildman–Crippen LogP) is 2.08. The number of hydrogen-bond donors (Lipinski definition) is 4. The van der Waals surface area contributed by atoms with Gasteiger partial charge in [0.2, 0.25) is 0 Å². The standard InChI is InChI=1S/4C4H11N.Ge/c4*1-3-5-4-2;/h4*5H,3-4H2,1-2H3;. The van der Waals surface area contributed by atoms with Crippen molar-refractivity contribution in [2.24, 2.45) is 0 Å². The maximum Gasteiger partial charge on any atom is 0 e. The van der Waals surface area contributed by atoms with Gasteiger partial charge >= 0.3 is 0 Å². The zero-order chi connectivity index (χ0) is 16.5. The fraction of sp³-hybridized carbons (Fsp3) is 1.00. The first-order valence-corrected chi connectivity index (χ1v) is 8.49. The summed E-state index contributed by atoms with van der Waals surface area (Å²) in [7, 11) is 0. The van der Waals surface area contributed by atoms with Crippen LogP contribution in [0.25, 0.3) is 0 Å². The van der Waals surface area contributed by atoms with Gasteiger partial charge < -0.3 is 21.3 Å². The monoisotopic (exact) mass is 366 g/mol. The molecule has 5 heteroatoms. The Morgan fingerprint density at radius 2 is 0.429 bits per heavy atom. The van der Waals surface area contributed by atoms with E-state index < -0.39 is 0 Å². The van der Waals surface area contributed by atoms with E-state index in [-0.39, 0.29) is 17.6 Å². The number of hydrogen-bond acceptors (Lipinski definition) is 4. The number of rotatable bonds is 8. The Labute approximate surface area is 147 Å². The van der Waals surface area contributed by atoms with Crippen molar-refractivity contribution in [3.8, 4) is 0 Å². The van der Waals surface area contributed by atoms with Crippen molar-refractivity contribution in [2.75, 3.05) is 52.4 Å². The molecule has 0 atom stereocenters. The first-order chi connectivity index (χ1) is 9.66. The van der Waals surface area contributed by atoms with Gasteiger partial charge in [-0.3, -0.25) is 0 Å². The molecule has 0 saturated heterocycles. The molecular weight excluding hydrogens is 321 g/mol. The SMILES string of the molecule is CCNCC.CCNCC.CCNCC.CCNCC.[Ge]. The minimum atomic E-state index is 0. The second-order valence-electron chi connectivity index (χ2n) is 3.83. The summed E-state index contributed by atoms with van der Waals surface area (Å²) in [6.45, 7) is 25.6. The molecule has 0 aromatic carbocycles. The van der Waals surface area contributed by atoms with Crippen molar-refractivity contribution in [2.45, 2.75) is 55.4 Å². The first kappa shape index (κ1) is 33.1. The van der Waals surface area contributed by atoms with Crippen LogP contribution in [-0.2, 0) is 0 Å². The van der Waals surface area contributed by atoms with E-state index in [1.165, 1.54) is 0 Å². The van der Waals surface area contributed by atoms with Gasteiger partial charge in [0.25, 0.3) is 0 Å². The summed E-state index contributed by atoms with van der Waals surface area (Å²) < 4.78 is 0. The topological polar surface area (TPSA) is 48.1 Å². The van der Waals surface area contributed by atoms with Gasteiger partial charge in [-0.25, -0.2) is 0 Å². The van der Waals surface area contributed by atoms with Crippen LogP contribution in [0.3, 0.4) is 0 Å². The van der Waals surface area contributed by atoms with Gasteiger partial charge in [-0.1, -0.05) is 55.4 Å². The Kier molecular flexibility index (Phi) is 78.7. The van der Waals surface area contributed by atoms with Crippen LogP contribution in [0.2, 0.25) is 0 Å². The summed E-state index contributed by atoms with van der Waals surface area (Å²) in [5.74, 6) is 0. The van der Waals surface area contributed by atoms with Gasteiger partial charge in [-0.2, -0.15) is 0 Å². The van der Waals surface area contributed by atoms with E-state index in [2.05, 4.69) is 76.7 Å². The van der Waals surface area contributed by atoms with Crippen molar-refractivity contribution < 1.29 is 0 Å². The zero-order valence-electron chi connectivity index (χ0n) is 16.2. The van der Waals surface area contributed by atoms with E-state index in [1.807, 2.05) is 0 Å². The zero-order valence-corrected chi connectivity index (χ0v) is 18.3. The molecule has 0 unspecified atom stereocenters. The van der Waals surface area contributed by atoms with E-state index in [9.17, 15) is 0 Å². The van der Waals surface area contributed by atoms with Crippen LogP contribution in [0.5, 0.6) is 0 Å². The smallest absolute Gasteiger partial charge is 0 e. The number of nitrogens with one attached hydrogen (secondary N) is 4. The normalized spacial score (nSPS) is 8.00. The quantitative estimate of drug-likeness (QED) is 0.498. The molecule has 0 bridgehead atoms.